The number of carbonyl (C=O) groups excluding carboxylic acids is 1. The Morgan fingerprint density at radius 2 is 1.81 bits per heavy atom. The molecular formula is C23H20ClFN2O3S. The van der Waals surface area contributed by atoms with Crippen LogP contribution in [0.1, 0.15) is 27.0 Å². The van der Waals surface area contributed by atoms with E-state index >= 15 is 0 Å². The molecule has 31 heavy (non-hydrogen) atoms. The van der Waals surface area contributed by atoms with Crippen molar-refractivity contribution in [2.75, 3.05) is 11.9 Å². The van der Waals surface area contributed by atoms with Gasteiger partial charge in [0.2, 0.25) is 10.0 Å². The van der Waals surface area contributed by atoms with Crippen LogP contribution in [0.2, 0.25) is 5.02 Å². The highest BCUT2D eigenvalue weighted by Crippen LogP contribution is 2.27. The molecule has 3 aromatic carbocycles. The van der Waals surface area contributed by atoms with Crippen LogP contribution in [0.15, 0.2) is 65.6 Å². The van der Waals surface area contributed by atoms with Gasteiger partial charge in [-0.1, -0.05) is 41.9 Å². The number of nitrogens with zero attached hydrogens (tertiary/aromatic N) is 1. The van der Waals surface area contributed by atoms with E-state index in [0.717, 1.165) is 23.3 Å². The first-order valence-electron chi connectivity index (χ1n) is 9.70. The molecule has 0 fully saturated rings. The molecule has 1 heterocycles. The van der Waals surface area contributed by atoms with Crippen molar-refractivity contribution in [1.29, 1.82) is 0 Å². The summed E-state index contributed by atoms with van der Waals surface area (Å²) in [5, 5.41) is 3.07. The Labute approximate surface area is 185 Å². The van der Waals surface area contributed by atoms with Crippen LogP contribution >= 0.6 is 11.6 Å². The van der Waals surface area contributed by atoms with Crippen LogP contribution in [0.4, 0.5) is 10.1 Å². The number of sulfonamides is 1. The standard InChI is InChI=1S/C23H20ClFN2O3S/c1-15-20(24)7-4-8-22(15)26-23(28)19-13-18(9-10-21(19)25)31(29,30)27-12-11-16-5-2-3-6-17(16)14-27/h2-10,13H,11-12,14H2,1H3,(H,26,28). The Balaban J connectivity index is 1.63. The van der Waals surface area contributed by atoms with E-state index in [-0.39, 0.29) is 17.0 Å². The van der Waals surface area contributed by atoms with Gasteiger partial charge in [0, 0.05) is 23.8 Å². The number of nitrogens with one attached hydrogen (secondary N) is 1. The molecule has 0 atom stereocenters. The van der Waals surface area contributed by atoms with Gasteiger partial charge < -0.3 is 5.32 Å². The number of halogens is 2. The molecule has 1 aliphatic heterocycles. The van der Waals surface area contributed by atoms with Gasteiger partial charge >= 0.3 is 0 Å². The van der Waals surface area contributed by atoms with Crippen LogP contribution in [0, 0.1) is 12.7 Å². The summed E-state index contributed by atoms with van der Waals surface area (Å²) in [4.78, 5) is 12.6. The number of fused-ring (bicyclic) bond motifs is 1. The first-order valence-corrected chi connectivity index (χ1v) is 11.5. The van der Waals surface area contributed by atoms with Gasteiger partial charge in [-0.3, -0.25) is 4.79 Å². The fourth-order valence-electron chi connectivity index (χ4n) is 3.60. The van der Waals surface area contributed by atoms with Gasteiger partial charge in [-0.2, -0.15) is 4.31 Å². The van der Waals surface area contributed by atoms with E-state index in [1.165, 1.54) is 10.4 Å². The number of hydrogen-bond acceptors (Lipinski definition) is 3. The van der Waals surface area contributed by atoms with Crippen LogP contribution in [-0.2, 0) is 23.0 Å². The Bertz CT molecular complexity index is 1280. The second-order valence-electron chi connectivity index (χ2n) is 7.37. The van der Waals surface area contributed by atoms with E-state index < -0.39 is 21.7 Å². The summed E-state index contributed by atoms with van der Waals surface area (Å²) in [6.45, 7) is 2.28. The smallest absolute Gasteiger partial charge is 0.258 e. The van der Waals surface area contributed by atoms with E-state index in [1.54, 1.807) is 25.1 Å². The summed E-state index contributed by atoms with van der Waals surface area (Å²) in [6.07, 6.45) is 0.595. The molecule has 4 rings (SSSR count). The van der Waals surface area contributed by atoms with Crippen LogP contribution in [0.3, 0.4) is 0 Å². The summed E-state index contributed by atoms with van der Waals surface area (Å²) in [6, 6.07) is 15.9. The van der Waals surface area contributed by atoms with Crippen molar-refractivity contribution in [2.45, 2.75) is 24.8 Å². The Hall–Kier alpha value is -2.74. The van der Waals surface area contributed by atoms with Gasteiger partial charge in [0.1, 0.15) is 5.82 Å². The molecule has 0 radical (unpaired) electrons. The monoisotopic (exact) mass is 458 g/mol. The minimum absolute atomic E-state index is 0.124. The first kappa shape index (κ1) is 21.5. The van der Waals surface area contributed by atoms with Gasteiger partial charge in [0.05, 0.1) is 10.5 Å². The topological polar surface area (TPSA) is 66.5 Å². The molecule has 0 aliphatic carbocycles. The van der Waals surface area contributed by atoms with Gasteiger partial charge in [-0.25, -0.2) is 12.8 Å². The maximum absolute atomic E-state index is 14.4. The Kier molecular flexibility index (Phi) is 5.83. The highest BCUT2D eigenvalue weighted by molar-refractivity contribution is 7.89. The van der Waals surface area contributed by atoms with Gasteiger partial charge in [-0.05, 0) is 60.4 Å². The minimum Gasteiger partial charge on any atom is -0.322 e. The molecule has 0 bridgehead atoms. The summed E-state index contributed by atoms with van der Waals surface area (Å²) in [7, 11) is -3.90. The summed E-state index contributed by atoms with van der Waals surface area (Å²) in [5.74, 6) is -1.55. The molecule has 5 nitrogen and oxygen atoms in total. The number of amides is 1. The van der Waals surface area contributed by atoms with Crippen LogP contribution in [-0.4, -0.2) is 25.2 Å². The third-order valence-corrected chi connectivity index (χ3v) is 7.68. The highest BCUT2D eigenvalue weighted by atomic mass is 35.5. The van der Waals surface area contributed by atoms with Crippen LogP contribution in [0.25, 0.3) is 0 Å². The van der Waals surface area contributed by atoms with E-state index in [9.17, 15) is 17.6 Å². The molecule has 8 heteroatoms. The van der Waals surface area contributed by atoms with Crippen molar-refractivity contribution in [3.63, 3.8) is 0 Å². The molecule has 1 amide bonds. The van der Waals surface area contributed by atoms with Crippen LogP contribution < -0.4 is 5.32 Å². The first-order chi connectivity index (χ1) is 14.8. The lowest BCUT2D eigenvalue weighted by Gasteiger charge is -2.28. The largest absolute Gasteiger partial charge is 0.322 e. The van der Waals surface area contributed by atoms with Crippen molar-refractivity contribution in [2.24, 2.45) is 0 Å². The second-order valence-corrected chi connectivity index (χ2v) is 9.71. The van der Waals surface area contributed by atoms with Gasteiger partial charge in [0.25, 0.3) is 5.91 Å². The number of rotatable bonds is 4. The zero-order valence-corrected chi connectivity index (χ0v) is 18.3. The van der Waals surface area contributed by atoms with E-state index in [0.29, 0.717) is 29.2 Å². The molecule has 0 aromatic heterocycles. The Morgan fingerprint density at radius 3 is 2.58 bits per heavy atom. The summed E-state index contributed by atoms with van der Waals surface area (Å²) < 4.78 is 42.2. The number of anilines is 1. The summed E-state index contributed by atoms with van der Waals surface area (Å²) in [5.41, 5.74) is 2.77. The molecule has 1 N–H and O–H groups in total. The predicted octanol–water partition coefficient (Wildman–Crippen LogP) is 4.79. The van der Waals surface area contributed by atoms with Crippen LogP contribution in [0.5, 0.6) is 0 Å². The third kappa shape index (κ3) is 4.21. The van der Waals surface area contributed by atoms with Crippen molar-refractivity contribution < 1.29 is 17.6 Å². The summed E-state index contributed by atoms with van der Waals surface area (Å²) >= 11 is 6.07. The molecule has 0 saturated heterocycles. The SMILES string of the molecule is Cc1c(Cl)cccc1NC(=O)c1cc(S(=O)(=O)N2CCc3ccccc3C2)ccc1F. The second kappa shape index (κ2) is 8.42. The van der Waals surface area contributed by atoms with Crippen molar-refractivity contribution in [3.8, 4) is 0 Å². The van der Waals surface area contributed by atoms with Gasteiger partial charge in [-0.15, -0.1) is 0 Å². The van der Waals surface area contributed by atoms with E-state index in [4.69, 9.17) is 11.6 Å². The Morgan fingerprint density at radius 1 is 1.06 bits per heavy atom. The fourth-order valence-corrected chi connectivity index (χ4v) is 5.22. The molecule has 0 spiro atoms. The molecule has 0 unspecified atom stereocenters. The zero-order valence-electron chi connectivity index (χ0n) is 16.7. The lowest BCUT2D eigenvalue weighted by molar-refractivity contribution is 0.102. The average Bonchev–Trinajstić information content (AvgIpc) is 2.76. The highest BCUT2D eigenvalue weighted by Gasteiger charge is 2.29. The van der Waals surface area contributed by atoms with Gasteiger partial charge in [0.15, 0.2) is 0 Å². The quantitative estimate of drug-likeness (QED) is 0.611. The fraction of sp³-hybridized carbons (Fsp3) is 0.174. The average molecular weight is 459 g/mol. The zero-order chi connectivity index (χ0) is 22.2. The molecular weight excluding hydrogens is 439 g/mol. The van der Waals surface area contributed by atoms with E-state index in [2.05, 4.69) is 5.32 Å². The lowest BCUT2D eigenvalue weighted by Crippen LogP contribution is -2.36. The number of benzene rings is 3. The third-order valence-electron chi connectivity index (χ3n) is 5.43. The maximum Gasteiger partial charge on any atom is 0.258 e. The lowest BCUT2D eigenvalue weighted by atomic mass is 10.0. The predicted molar refractivity (Wildman–Crippen MR) is 118 cm³/mol. The molecule has 3 aromatic rings. The number of hydrogen-bond donors (Lipinski definition) is 1. The number of carbonyl (C=O) groups is 1. The minimum atomic E-state index is -3.90. The molecule has 0 saturated carbocycles. The maximum atomic E-state index is 14.4. The molecule has 160 valence electrons. The normalized spacial score (nSPS) is 14.2. The van der Waals surface area contributed by atoms with Crippen molar-refractivity contribution in [3.05, 3.63) is 93.8 Å². The van der Waals surface area contributed by atoms with E-state index in [1.807, 2.05) is 24.3 Å². The van der Waals surface area contributed by atoms with Crippen molar-refractivity contribution >= 4 is 33.2 Å². The van der Waals surface area contributed by atoms with Crippen molar-refractivity contribution in [1.82, 2.24) is 4.31 Å². The molecule has 1 aliphatic rings.